The smallest absolute Gasteiger partial charge is 0.365 e. The van der Waals surface area contributed by atoms with E-state index in [2.05, 4.69) is 10.3 Å². The molecule has 0 bridgehead atoms. The van der Waals surface area contributed by atoms with Crippen LogP contribution in [-0.2, 0) is 11.0 Å². The number of nitrogens with one attached hydrogen (secondary N) is 1. The van der Waals surface area contributed by atoms with Gasteiger partial charge in [0.15, 0.2) is 0 Å². The van der Waals surface area contributed by atoms with E-state index >= 15 is 0 Å². The number of carbonyl (C=O) groups is 1. The summed E-state index contributed by atoms with van der Waals surface area (Å²) in [5, 5.41) is 2.96. The van der Waals surface area contributed by atoms with Crippen molar-refractivity contribution < 1.29 is 18.0 Å². The van der Waals surface area contributed by atoms with Gasteiger partial charge >= 0.3 is 6.18 Å². The van der Waals surface area contributed by atoms with Gasteiger partial charge in [0.05, 0.1) is 0 Å². The third-order valence-electron chi connectivity index (χ3n) is 3.23. The minimum absolute atomic E-state index is 0.0542. The molecule has 2 heterocycles. The van der Waals surface area contributed by atoms with Gasteiger partial charge in [-0.05, 0) is 18.6 Å². The Morgan fingerprint density at radius 2 is 2.25 bits per heavy atom. The van der Waals surface area contributed by atoms with Gasteiger partial charge in [0, 0.05) is 25.6 Å². The fraction of sp³-hybridized carbons (Fsp3) is 0.538. The molecule has 0 radical (unpaired) electrons. The summed E-state index contributed by atoms with van der Waals surface area (Å²) >= 11 is 0. The molecule has 1 N–H and O–H groups in total. The Kier molecular flexibility index (Phi) is 4.15. The van der Waals surface area contributed by atoms with E-state index in [9.17, 15) is 18.0 Å². The highest BCUT2D eigenvalue weighted by Crippen LogP contribution is 2.28. The van der Waals surface area contributed by atoms with E-state index in [0.29, 0.717) is 25.9 Å². The first-order chi connectivity index (χ1) is 9.40. The monoisotopic (exact) mass is 287 g/mol. The van der Waals surface area contributed by atoms with Crippen molar-refractivity contribution in [2.24, 2.45) is 0 Å². The molecule has 4 nitrogen and oxygen atoms in total. The van der Waals surface area contributed by atoms with E-state index in [1.807, 2.05) is 0 Å². The van der Waals surface area contributed by atoms with Crippen LogP contribution in [0.3, 0.4) is 0 Å². The number of anilines is 1. The van der Waals surface area contributed by atoms with Gasteiger partial charge in [0.2, 0.25) is 5.91 Å². The van der Waals surface area contributed by atoms with E-state index in [-0.39, 0.29) is 17.8 Å². The van der Waals surface area contributed by atoms with Crippen molar-refractivity contribution in [3.05, 3.63) is 23.9 Å². The lowest BCUT2D eigenvalue weighted by atomic mass is 10.2. The normalized spacial score (nSPS) is 19.2. The standard InChI is InChI=1S/C13H16F3N3O/c1-2-12(20)19-7-6-9(8-19)17-11-5-3-4-10(18-11)13(14,15)16/h3-5,9H,2,6-8H2,1H3,(H,17,18). The zero-order valence-electron chi connectivity index (χ0n) is 11.1. The molecule has 0 spiro atoms. The van der Waals surface area contributed by atoms with Crippen molar-refractivity contribution in [1.82, 2.24) is 9.88 Å². The summed E-state index contributed by atoms with van der Waals surface area (Å²) in [4.78, 5) is 16.8. The highest BCUT2D eigenvalue weighted by Gasteiger charge is 2.33. The van der Waals surface area contributed by atoms with Crippen molar-refractivity contribution >= 4 is 11.7 Å². The van der Waals surface area contributed by atoms with Crippen molar-refractivity contribution in [2.75, 3.05) is 18.4 Å². The Bertz CT molecular complexity index is 490. The van der Waals surface area contributed by atoms with Gasteiger partial charge in [-0.2, -0.15) is 13.2 Å². The average molecular weight is 287 g/mol. The van der Waals surface area contributed by atoms with Crippen LogP contribution < -0.4 is 5.32 Å². The van der Waals surface area contributed by atoms with Gasteiger partial charge in [-0.15, -0.1) is 0 Å². The SMILES string of the molecule is CCC(=O)N1CCC(Nc2cccc(C(F)(F)F)n2)C1. The van der Waals surface area contributed by atoms with Crippen LogP contribution in [0, 0.1) is 0 Å². The Morgan fingerprint density at radius 3 is 2.90 bits per heavy atom. The largest absolute Gasteiger partial charge is 0.433 e. The minimum Gasteiger partial charge on any atom is -0.365 e. The zero-order valence-corrected chi connectivity index (χ0v) is 11.1. The van der Waals surface area contributed by atoms with Gasteiger partial charge in [0.25, 0.3) is 0 Å². The molecule has 1 aliphatic heterocycles. The predicted molar refractivity (Wildman–Crippen MR) is 68.1 cm³/mol. The Balaban J connectivity index is 2.00. The highest BCUT2D eigenvalue weighted by molar-refractivity contribution is 5.76. The van der Waals surface area contributed by atoms with Gasteiger partial charge in [-0.3, -0.25) is 4.79 Å². The number of nitrogens with zero attached hydrogens (tertiary/aromatic N) is 2. The minimum atomic E-state index is -4.45. The first-order valence-electron chi connectivity index (χ1n) is 6.48. The lowest BCUT2D eigenvalue weighted by Crippen LogP contribution is -2.31. The maximum Gasteiger partial charge on any atom is 0.433 e. The number of likely N-dealkylation sites (tertiary alicyclic amines) is 1. The van der Waals surface area contributed by atoms with Gasteiger partial charge in [0.1, 0.15) is 11.5 Å². The van der Waals surface area contributed by atoms with E-state index in [1.54, 1.807) is 11.8 Å². The summed E-state index contributed by atoms with van der Waals surface area (Å²) in [7, 11) is 0. The summed E-state index contributed by atoms with van der Waals surface area (Å²) < 4.78 is 37.7. The number of carbonyl (C=O) groups excluding carboxylic acids is 1. The van der Waals surface area contributed by atoms with Crippen molar-refractivity contribution in [3.8, 4) is 0 Å². The molecule has 0 aromatic carbocycles. The number of hydrogen-bond acceptors (Lipinski definition) is 3. The number of pyridine rings is 1. The van der Waals surface area contributed by atoms with Crippen LogP contribution in [0.5, 0.6) is 0 Å². The van der Waals surface area contributed by atoms with E-state index < -0.39 is 11.9 Å². The van der Waals surface area contributed by atoms with Crippen molar-refractivity contribution in [3.63, 3.8) is 0 Å². The molecule has 0 aliphatic carbocycles. The summed E-state index contributed by atoms with van der Waals surface area (Å²) in [6.45, 7) is 2.92. The summed E-state index contributed by atoms with van der Waals surface area (Å²) in [5.74, 6) is 0.252. The molecule has 7 heteroatoms. The third-order valence-corrected chi connectivity index (χ3v) is 3.23. The van der Waals surface area contributed by atoms with Crippen LogP contribution in [0.4, 0.5) is 19.0 Å². The van der Waals surface area contributed by atoms with Gasteiger partial charge in [-0.1, -0.05) is 13.0 Å². The van der Waals surface area contributed by atoms with E-state index in [4.69, 9.17) is 0 Å². The Morgan fingerprint density at radius 1 is 1.50 bits per heavy atom. The second kappa shape index (κ2) is 5.68. The Labute approximate surface area is 115 Å². The van der Waals surface area contributed by atoms with E-state index in [1.165, 1.54) is 12.1 Å². The van der Waals surface area contributed by atoms with Crippen LogP contribution in [0.1, 0.15) is 25.5 Å². The molecule has 1 aromatic rings. The summed E-state index contributed by atoms with van der Waals surface area (Å²) in [6, 6.07) is 3.70. The number of aromatic nitrogens is 1. The van der Waals surface area contributed by atoms with Crippen LogP contribution in [0.15, 0.2) is 18.2 Å². The molecular weight excluding hydrogens is 271 g/mol. The maximum atomic E-state index is 12.6. The molecule has 1 saturated heterocycles. The molecule has 110 valence electrons. The topological polar surface area (TPSA) is 45.2 Å². The molecule has 1 aliphatic rings. The molecule has 1 aromatic heterocycles. The second-order valence-corrected chi connectivity index (χ2v) is 4.73. The molecule has 20 heavy (non-hydrogen) atoms. The molecule has 1 unspecified atom stereocenters. The fourth-order valence-electron chi connectivity index (χ4n) is 2.21. The average Bonchev–Trinajstić information content (AvgIpc) is 2.85. The molecule has 1 amide bonds. The molecule has 0 saturated carbocycles. The zero-order chi connectivity index (χ0) is 14.8. The third kappa shape index (κ3) is 3.40. The number of amides is 1. The first-order valence-corrected chi connectivity index (χ1v) is 6.48. The molecule has 1 atom stereocenters. The van der Waals surface area contributed by atoms with Crippen molar-refractivity contribution in [2.45, 2.75) is 32.0 Å². The number of hydrogen-bond donors (Lipinski definition) is 1. The second-order valence-electron chi connectivity index (χ2n) is 4.73. The molecular formula is C13H16F3N3O. The van der Waals surface area contributed by atoms with Crippen LogP contribution in [-0.4, -0.2) is 34.9 Å². The number of rotatable bonds is 3. The molecule has 1 fully saturated rings. The number of halogens is 3. The van der Waals surface area contributed by atoms with Gasteiger partial charge < -0.3 is 10.2 Å². The maximum absolute atomic E-state index is 12.6. The van der Waals surface area contributed by atoms with E-state index in [0.717, 1.165) is 6.07 Å². The summed E-state index contributed by atoms with van der Waals surface area (Å²) in [6.07, 6.45) is -3.30. The quantitative estimate of drug-likeness (QED) is 0.929. The highest BCUT2D eigenvalue weighted by atomic mass is 19.4. The number of alkyl halides is 3. The van der Waals surface area contributed by atoms with Crippen LogP contribution >= 0.6 is 0 Å². The lowest BCUT2D eigenvalue weighted by Gasteiger charge is -2.17. The fourth-order valence-corrected chi connectivity index (χ4v) is 2.21. The van der Waals surface area contributed by atoms with Crippen LogP contribution in [0.2, 0.25) is 0 Å². The molecule has 2 rings (SSSR count). The van der Waals surface area contributed by atoms with Gasteiger partial charge in [-0.25, -0.2) is 4.98 Å². The van der Waals surface area contributed by atoms with Crippen LogP contribution in [0.25, 0.3) is 0 Å². The van der Waals surface area contributed by atoms with Crippen molar-refractivity contribution in [1.29, 1.82) is 0 Å². The lowest BCUT2D eigenvalue weighted by molar-refractivity contribution is -0.141. The summed E-state index contributed by atoms with van der Waals surface area (Å²) in [5.41, 5.74) is -0.915. The Hall–Kier alpha value is -1.79. The first kappa shape index (κ1) is 14.6. The predicted octanol–water partition coefficient (Wildman–Crippen LogP) is 2.52.